The molecule has 0 amide bonds. The van der Waals surface area contributed by atoms with Crippen LogP contribution in [0.2, 0.25) is 0 Å². The van der Waals surface area contributed by atoms with Gasteiger partial charge in [-0.2, -0.15) is 0 Å². The molecule has 0 aliphatic heterocycles. The molecule has 2 aliphatic rings. The molecule has 32 heavy (non-hydrogen) atoms. The van der Waals surface area contributed by atoms with Gasteiger partial charge in [0.25, 0.3) is 5.92 Å². The number of pyridine rings is 1. The molecule has 162 valence electrons. The third kappa shape index (κ3) is 3.64. The highest BCUT2D eigenvalue weighted by Crippen LogP contribution is 2.54. The van der Waals surface area contributed by atoms with E-state index in [-0.39, 0.29) is 18.3 Å². The summed E-state index contributed by atoms with van der Waals surface area (Å²) in [6, 6.07) is 18.0. The van der Waals surface area contributed by atoms with Crippen molar-refractivity contribution in [3.05, 3.63) is 101 Å². The van der Waals surface area contributed by atoms with E-state index in [1.807, 2.05) is 55.5 Å². The summed E-state index contributed by atoms with van der Waals surface area (Å²) in [5, 5.41) is 3.42. The minimum Gasteiger partial charge on any atom is -0.343 e. The van der Waals surface area contributed by atoms with E-state index in [1.165, 1.54) is 0 Å². The maximum atomic E-state index is 13.8. The highest BCUT2D eigenvalue weighted by molar-refractivity contribution is 5.69. The van der Waals surface area contributed by atoms with Crippen LogP contribution < -0.4 is 5.32 Å². The number of allylic oxidation sites excluding steroid dienone is 1. The van der Waals surface area contributed by atoms with Gasteiger partial charge in [0.2, 0.25) is 0 Å². The van der Waals surface area contributed by atoms with Crippen molar-refractivity contribution in [1.82, 2.24) is 4.98 Å². The molecule has 1 saturated carbocycles. The molecule has 5 rings (SSSR count). The SMILES string of the molecule is C=Cc1cccc(-c2nc(NC(=C)C3(c4ccc5c(c4)CC(F)(F)C5)CC3)ccc2C)c1. The molecule has 0 radical (unpaired) electrons. The number of hydrogen-bond acceptors (Lipinski definition) is 2. The number of aryl methyl sites for hydroxylation is 1. The smallest absolute Gasteiger partial charge is 0.256 e. The van der Waals surface area contributed by atoms with Crippen LogP contribution in [0.3, 0.4) is 0 Å². The van der Waals surface area contributed by atoms with Gasteiger partial charge in [-0.25, -0.2) is 13.8 Å². The predicted molar refractivity (Wildman–Crippen MR) is 127 cm³/mol. The molecule has 2 aromatic carbocycles. The number of halogens is 2. The Balaban J connectivity index is 1.40. The summed E-state index contributed by atoms with van der Waals surface area (Å²) < 4.78 is 27.7. The van der Waals surface area contributed by atoms with Gasteiger partial charge in [-0.1, -0.05) is 61.7 Å². The number of anilines is 1. The Kier molecular flexibility index (Phi) is 4.77. The van der Waals surface area contributed by atoms with Gasteiger partial charge in [-0.3, -0.25) is 0 Å². The molecule has 1 aromatic heterocycles. The number of benzene rings is 2. The van der Waals surface area contributed by atoms with E-state index in [4.69, 9.17) is 4.98 Å². The molecule has 0 spiro atoms. The van der Waals surface area contributed by atoms with Crippen LogP contribution in [0.25, 0.3) is 17.3 Å². The van der Waals surface area contributed by atoms with Crippen LogP contribution >= 0.6 is 0 Å². The Hall–Kier alpha value is -3.27. The maximum Gasteiger partial charge on any atom is 0.256 e. The first-order valence-corrected chi connectivity index (χ1v) is 11.0. The lowest BCUT2D eigenvalue weighted by Gasteiger charge is -2.21. The molecule has 0 saturated heterocycles. The van der Waals surface area contributed by atoms with Crippen molar-refractivity contribution in [2.45, 2.75) is 43.9 Å². The van der Waals surface area contributed by atoms with Crippen molar-refractivity contribution >= 4 is 11.9 Å². The normalized spacial score (nSPS) is 17.5. The van der Waals surface area contributed by atoms with Crippen molar-refractivity contribution in [3.63, 3.8) is 0 Å². The second-order valence-corrected chi connectivity index (χ2v) is 9.07. The minimum atomic E-state index is -2.63. The Bertz CT molecular complexity index is 1240. The standard InChI is InChI=1S/C28H26F2N2/c1-4-20-6-5-7-21(14-20)26-18(2)8-11-25(32-26)31-19(3)27(12-13-27)24-10-9-22-16-28(29,30)17-23(22)15-24/h4-11,14-15H,1,3,12-13,16-17H2,2H3,(H,31,32). The van der Waals surface area contributed by atoms with Crippen molar-refractivity contribution in [1.29, 1.82) is 0 Å². The molecule has 2 aliphatic carbocycles. The summed E-state index contributed by atoms with van der Waals surface area (Å²) >= 11 is 0. The zero-order valence-corrected chi connectivity index (χ0v) is 18.2. The average Bonchev–Trinajstić information content (AvgIpc) is 3.52. The molecule has 4 heteroatoms. The minimum absolute atomic E-state index is 0.155. The van der Waals surface area contributed by atoms with Gasteiger partial charge >= 0.3 is 0 Å². The summed E-state index contributed by atoms with van der Waals surface area (Å²) in [5.41, 5.74) is 7.33. The van der Waals surface area contributed by atoms with Crippen LogP contribution in [0.15, 0.2) is 73.5 Å². The molecule has 0 unspecified atom stereocenters. The van der Waals surface area contributed by atoms with E-state index in [2.05, 4.69) is 30.6 Å². The fourth-order valence-corrected chi connectivity index (χ4v) is 4.75. The summed E-state index contributed by atoms with van der Waals surface area (Å²) in [5.74, 6) is -1.89. The quantitative estimate of drug-likeness (QED) is 0.453. The Labute approximate surface area is 187 Å². The van der Waals surface area contributed by atoms with Crippen LogP contribution in [0.5, 0.6) is 0 Å². The summed E-state index contributed by atoms with van der Waals surface area (Å²) in [6.07, 6.45) is 3.41. The van der Waals surface area contributed by atoms with E-state index in [1.54, 1.807) is 0 Å². The van der Waals surface area contributed by atoms with E-state index in [0.717, 1.165) is 63.4 Å². The van der Waals surface area contributed by atoms with E-state index in [9.17, 15) is 8.78 Å². The average molecular weight is 429 g/mol. The maximum absolute atomic E-state index is 13.8. The number of alkyl halides is 2. The lowest BCUT2D eigenvalue weighted by molar-refractivity contribution is 0.0130. The molecule has 2 nitrogen and oxygen atoms in total. The highest BCUT2D eigenvalue weighted by Gasteiger charge is 2.48. The highest BCUT2D eigenvalue weighted by atomic mass is 19.3. The molecule has 3 aromatic rings. The van der Waals surface area contributed by atoms with Gasteiger partial charge in [-0.15, -0.1) is 0 Å². The largest absolute Gasteiger partial charge is 0.343 e. The number of hydrogen-bond donors (Lipinski definition) is 1. The lowest BCUT2D eigenvalue weighted by atomic mass is 9.90. The van der Waals surface area contributed by atoms with Gasteiger partial charge in [0, 0.05) is 29.5 Å². The third-order valence-electron chi connectivity index (χ3n) is 6.76. The number of fused-ring (bicyclic) bond motifs is 1. The van der Waals surface area contributed by atoms with Crippen LogP contribution in [-0.4, -0.2) is 10.9 Å². The summed E-state index contributed by atoms with van der Waals surface area (Å²) in [4.78, 5) is 4.86. The van der Waals surface area contributed by atoms with Crippen molar-refractivity contribution in [2.24, 2.45) is 0 Å². The van der Waals surface area contributed by atoms with Gasteiger partial charge in [0.1, 0.15) is 5.82 Å². The first-order valence-electron chi connectivity index (χ1n) is 11.0. The molecule has 1 heterocycles. The fourth-order valence-electron chi connectivity index (χ4n) is 4.75. The van der Waals surface area contributed by atoms with E-state index in [0.29, 0.717) is 0 Å². The van der Waals surface area contributed by atoms with Crippen LogP contribution in [-0.2, 0) is 18.3 Å². The van der Waals surface area contributed by atoms with E-state index >= 15 is 0 Å². The lowest BCUT2D eigenvalue weighted by Crippen LogP contribution is -2.17. The zero-order chi connectivity index (χ0) is 22.5. The fraction of sp³-hybridized carbons (Fsp3) is 0.250. The zero-order valence-electron chi connectivity index (χ0n) is 18.2. The Morgan fingerprint density at radius 1 is 1.03 bits per heavy atom. The van der Waals surface area contributed by atoms with Gasteiger partial charge in [0.05, 0.1) is 5.69 Å². The Morgan fingerprint density at radius 3 is 2.56 bits per heavy atom. The number of nitrogens with one attached hydrogen (secondary N) is 1. The number of aromatic nitrogens is 1. The van der Waals surface area contributed by atoms with Crippen molar-refractivity contribution < 1.29 is 8.78 Å². The van der Waals surface area contributed by atoms with Crippen LogP contribution in [0.4, 0.5) is 14.6 Å². The second kappa shape index (κ2) is 7.40. The molecule has 1 fully saturated rings. The van der Waals surface area contributed by atoms with Gasteiger partial charge in [0.15, 0.2) is 0 Å². The molecular weight excluding hydrogens is 402 g/mol. The van der Waals surface area contributed by atoms with E-state index < -0.39 is 5.92 Å². The number of rotatable bonds is 6. The molecule has 0 atom stereocenters. The first-order chi connectivity index (χ1) is 15.3. The van der Waals surface area contributed by atoms with Crippen LogP contribution in [0.1, 0.15) is 40.7 Å². The molecule has 1 N–H and O–H groups in total. The monoisotopic (exact) mass is 428 g/mol. The number of nitrogens with zero attached hydrogens (tertiary/aromatic N) is 1. The third-order valence-corrected chi connectivity index (χ3v) is 6.76. The topological polar surface area (TPSA) is 24.9 Å². The van der Waals surface area contributed by atoms with Crippen molar-refractivity contribution in [2.75, 3.05) is 5.32 Å². The summed E-state index contributed by atoms with van der Waals surface area (Å²) in [6.45, 7) is 10.2. The van der Waals surface area contributed by atoms with Gasteiger partial charge < -0.3 is 5.32 Å². The second-order valence-electron chi connectivity index (χ2n) is 9.07. The first kappa shape index (κ1) is 20.6. The summed E-state index contributed by atoms with van der Waals surface area (Å²) in [7, 11) is 0. The molecule has 0 bridgehead atoms. The predicted octanol–water partition coefficient (Wildman–Crippen LogP) is 7.09. The molecular formula is C28H26F2N2. The van der Waals surface area contributed by atoms with Gasteiger partial charge in [-0.05, 0) is 59.7 Å². The van der Waals surface area contributed by atoms with Crippen molar-refractivity contribution in [3.8, 4) is 11.3 Å². The van der Waals surface area contributed by atoms with Crippen LogP contribution in [0, 0.1) is 6.92 Å². The Morgan fingerprint density at radius 2 is 1.81 bits per heavy atom.